The molecule has 0 aliphatic rings. The van der Waals surface area contributed by atoms with Crippen LogP contribution in [0.5, 0.6) is 0 Å². The molecule has 0 amide bonds. The lowest BCUT2D eigenvalue weighted by Crippen LogP contribution is -2.06. The second-order valence-corrected chi connectivity index (χ2v) is 3.95. The van der Waals surface area contributed by atoms with Crippen molar-refractivity contribution in [2.75, 3.05) is 19.0 Å². The first-order valence-corrected chi connectivity index (χ1v) is 5.77. The lowest BCUT2D eigenvalue weighted by atomic mass is 9.97. The van der Waals surface area contributed by atoms with Crippen LogP contribution in [0, 0.1) is 0 Å². The number of nitrogens with one attached hydrogen (secondary N) is 1. The topological polar surface area (TPSA) is 49.3 Å². The normalized spacial score (nSPS) is 10.1. The third-order valence-corrected chi connectivity index (χ3v) is 2.86. The van der Waals surface area contributed by atoms with E-state index in [0.717, 1.165) is 16.8 Å². The van der Waals surface area contributed by atoms with Crippen molar-refractivity contribution in [1.82, 2.24) is 0 Å². The van der Waals surface area contributed by atoms with Crippen LogP contribution < -0.4 is 5.32 Å². The summed E-state index contributed by atoms with van der Waals surface area (Å²) >= 11 is 0. The van der Waals surface area contributed by atoms with Gasteiger partial charge in [-0.2, -0.15) is 0 Å². The van der Waals surface area contributed by atoms with Crippen molar-refractivity contribution in [2.24, 2.45) is 0 Å². The predicted molar refractivity (Wildman–Crippen MR) is 72.8 cm³/mol. The summed E-state index contributed by atoms with van der Waals surface area (Å²) in [6.07, 6.45) is 0. The second-order valence-electron chi connectivity index (χ2n) is 3.95. The van der Waals surface area contributed by atoms with Gasteiger partial charge in [0.25, 0.3) is 0 Å². The summed E-state index contributed by atoms with van der Waals surface area (Å²) in [6.45, 7) is -0.467. The third kappa shape index (κ3) is 2.41. The smallest absolute Gasteiger partial charge is 0.188 e. The molecule has 3 heteroatoms. The van der Waals surface area contributed by atoms with E-state index in [1.54, 1.807) is 12.1 Å². The lowest BCUT2D eigenvalue weighted by molar-refractivity contribution is 0.0904. The molecule has 92 valence electrons. The van der Waals surface area contributed by atoms with E-state index in [1.165, 1.54) is 0 Å². The molecule has 0 aliphatic carbocycles. The van der Waals surface area contributed by atoms with Gasteiger partial charge in [0.2, 0.25) is 0 Å². The van der Waals surface area contributed by atoms with Gasteiger partial charge >= 0.3 is 0 Å². The molecule has 0 heterocycles. The largest absolute Gasteiger partial charge is 0.388 e. The van der Waals surface area contributed by atoms with E-state index in [4.69, 9.17) is 5.11 Å². The molecule has 3 nitrogen and oxygen atoms in total. The number of Topliss-reactive ketones (excluding diaryl/α,β-unsaturated/α-hetero) is 1. The van der Waals surface area contributed by atoms with E-state index in [0.29, 0.717) is 5.56 Å². The molecule has 0 saturated carbocycles. The molecule has 0 atom stereocenters. The minimum absolute atomic E-state index is 0.261. The first-order valence-electron chi connectivity index (χ1n) is 5.77. The lowest BCUT2D eigenvalue weighted by Gasteiger charge is -2.08. The van der Waals surface area contributed by atoms with Crippen molar-refractivity contribution in [2.45, 2.75) is 0 Å². The Kier molecular flexibility index (Phi) is 3.75. The summed E-state index contributed by atoms with van der Waals surface area (Å²) < 4.78 is 0. The standard InChI is InChI=1S/C15H15NO2/c1-16-12-8-6-11(7-9-12)13-4-2-3-5-14(13)15(18)10-17/h2-9,16-17H,10H2,1H3. The van der Waals surface area contributed by atoms with Gasteiger partial charge in [-0.1, -0.05) is 36.4 Å². The Labute approximate surface area is 106 Å². The molecule has 0 saturated heterocycles. The highest BCUT2D eigenvalue weighted by molar-refractivity contribution is 6.03. The summed E-state index contributed by atoms with van der Waals surface area (Å²) in [5, 5.41) is 12.0. The van der Waals surface area contributed by atoms with Gasteiger partial charge in [0, 0.05) is 18.3 Å². The van der Waals surface area contributed by atoms with E-state index in [1.807, 2.05) is 43.4 Å². The first kappa shape index (κ1) is 12.3. The maximum atomic E-state index is 11.7. The molecular weight excluding hydrogens is 226 g/mol. The van der Waals surface area contributed by atoms with Gasteiger partial charge in [0.1, 0.15) is 6.61 Å². The molecule has 0 aliphatic heterocycles. The van der Waals surface area contributed by atoms with Gasteiger partial charge in [0.05, 0.1) is 0 Å². The maximum absolute atomic E-state index is 11.7. The Morgan fingerprint density at radius 2 is 1.78 bits per heavy atom. The SMILES string of the molecule is CNc1ccc(-c2ccccc2C(=O)CO)cc1. The summed E-state index contributed by atoms with van der Waals surface area (Å²) in [5.41, 5.74) is 3.38. The van der Waals surface area contributed by atoms with Gasteiger partial charge in [-0.15, -0.1) is 0 Å². The second kappa shape index (κ2) is 5.47. The summed E-state index contributed by atoms with van der Waals surface area (Å²) in [5.74, 6) is -0.261. The Hall–Kier alpha value is -2.13. The fraction of sp³-hybridized carbons (Fsp3) is 0.133. The number of aliphatic hydroxyl groups is 1. The van der Waals surface area contributed by atoms with Crippen LogP contribution in [-0.2, 0) is 0 Å². The Bertz CT molecular complexity index is 547. The number of hydrogen-bond donors (Lipinski definition) is 2. The van der Waals surface area contributed by atoms with E-state index in [-0.39, 0.29) is 5.78 Å². The quantitative estimate of drug-likeness (QED) is 0.809. The summed E-state index contributed by atoms with van der Waals surface area (Å²) in [7, 11) is 1.86. The molecule has 2 rings (SSSR count). The number of aliphatic hydroxyl groups excluding tert-OH is 1. The zero-order valence-corrected chi connectivity index (χ0v) is 10.2. The van der Waals surface area contributed by atoms with Gasteiger partial charge in [-0.05, 0) is 23.3 Å². The van der Waals surface area contributed by atoms with Gasteiger partial charge in [0.15, 0.2) is 5.78 Å². The molecular formula is C15H15NO2. The summed E-state index contributed by atoms with van der Waals surface area (Å²) in [4.78, 5) is 11.7. The minimum Gasteiger partial charge on any atom is -0.388 e. The van der Waals surface area contributed by atoms with Crippen LogP contribution in [-0.4, -0.2) is 24.5 Å². The van der Waals surface area contributed by atoms with E-state index in [9.17, 15) is 4.79 Å². The molecule has 0 bridgehead atoms. The Balaban J connectivity index is 2.46. The molecule has 2 N–H and O–H groups in total. The number of hydrogen-bond acceptors (Lipinski definition) is 3. The van der Waals surface area contributed by atoms with Crippen LogP contribution in [0.1, 0.15) is 10.4 Å². The highest BCUT2D eigenvalue weighted by atomic mass is 16.3. The number of anilines is 1. The Morgan fingerprint density at radius 3 is 2.39 bits per heavy atom. The zero-order valence-electron chi connectivity index (χ0n) is 10.2. The van der Waals surface area contributed by atoms with E-state index >= 15 is 0 Å². The molecule has 2 aromatic rings. The highest BCUT2D eigenvalue weighted by Gasteiger charge is 2.10. The van der Waals surface area contributed by atoms with Crippen molar-refractivity contribution in [3.63, 3.8) is 0 Å². The average molecular weight is 241 g/mol. The molecule has 0 spiro atoms. The number of rotatable bonds is 4. The van der Waals surface area contributed by atoms with Crippen molar-refractivity contribution >= 4 is 11.5 Å². The molecule has 2 aromatic carbocycles. The van der Waals surface area contributed by atoms with Crippen LogP contribution >= 0.6 is 0 Å². The van der Waals surface area contributed by atoms with Crippen molar-refractivity contribution < 1.29 is 9.90 Å². The fourth-order valence-corrected chi connectivity index (χ4v) is 1.88. The number of carbonyl (C=O) groups excluding carboxylic acids is 1. The van der Waals surface area contributed by atoms with Crippen molar-refractivity contribution in [1.29, 1.82) is 0 Å². The molecule has 0 unspecified atom stereocenters. The maximum Gasteiger partial charge on any atom is 0.188 e. The van der Waals surface area contributed by atoms with E-state index in [2.05, 4.69) is 5.32 Å². The minimum atomic E-state index is -0.467. The third-order valence-electron chi connectivity index (χ3n) is 2.86. The van der Waals surface area contributed by atoms with Crippen LogP contribution in [0.4, 0.5) is 5.69 Å². The number of ketones is 1. The zero-order chi connectivity index (χ0) is 13.0. The van der Waals surface area contributed by atoms with Crippen LogP contribution in [0.15, 0.2) is 48.5 Å². The average Bonchev–Trinajstić information content (AvgIpc) is 2.46. The van der Waals surface area contributed by atoms with Crippen LogP contribution in [0.25, 0.3) is 11.1 Å². The van der Waals surface area contributed by atoms with Gasteiger partial charge < -0.3 is 10.4 Å². The number of carbonyl (C=O) groups is 1. The summed E-state index contributed by atoms with van der Waals surface area (Å²) in [6, 6.07) is 15.1. The van der Waals surface area contributed by atoms with Crippen molar-refractivity contribution in [3.8, 4) is 11.1 Å². The van der Waals surface area contributed by atoms with Crippen LogP contribution in [0.2, 0.25) is 0 Å². The number of benzene rings is 2. The van der Waals surface area contributed by atoms with Gasteiger partial charge in [-0.25, -0.2) is 0 Å². The fourth-order valence-electron chi connectivity index (χ4n) is 1.88. The molecule has 0 radical (unpaired) electrons. The highest BCUT2D eigenvalue weighted by Crippen LogP contribution is 2.25. The van der Waals surface area contributed by atoms with Crippen molar-refractivity contribution in [3.05, 3.63) is 54.1 Å². The Morgan fingerprint density at radius 1 is 1.11 bits per heavy atom. The molecule has 0 aromatic heterocycles. The van der Waals surface area contributed by atoms with Gasteiger partial charge in [-0.3, -0.25) is 4.79 Å². The first-order chi connectivity index (χ1) is 8.76. The predicted octanol–water partition coefficient (Wildman–Crippen LogP) is 2.57. The monoisotopic (exact) mass is 241 g/mol. The van der Waals surface area contributed by atoms with Crippen LogP contribution in [0.3, 0.4) is 0 Å². The molecule has 18 heavy (non-hydrogen) atoms. The van der Waals surface area contributed by atoms with E-state index < -0.39 is 6.61 Å². The molecule has 0 fully saturated rings.